The summed E-state index contributed by atoms with van der Waals surface area (Å²) < 4.78 is 26.8. The zero-order valence-corrected chi connectivity index (χ0v) is 10.4. The van der Waals surface area contributed by atoms with Crippen LogP contribution in [0, 0.1) is 11.6 Å². The first-order chi connectivity index (χ1) is 8.72. The van der Waals surface area contributed by atoms with Gasteiger partial charge in [0.25, 0.3) is 0 Å². The summed E-state index contributed by atoms with van der Waals surface area (Å²) in [6.45, 7) is 1.29. The number of halogens is 2. The molecule has 1 aromatic carbocycles. The van der Waals surface area contributed by atoms with E-state index in [1.165, 1.54) is 6.42 Å². The van der Waals surface area contributed by atoms with E-state index in [2.05, 4.69) is 4.90 Å². The predicted molar refractivity (Wildman–Crippen MR) is 66.1 cm³/mol. The summed E-state index contributed by atoms with van der Waals surface area (Å²) >= 11 is 0. The van der Waals surface area contributed by atoms with Crippen molar-refractivity contribution in [2.75, 3.05) is 13.2 Å². The SMILES string of the molecule is OCCCN(Cc1cccc(F)c1F)C1CCC1. The topological polar surface area (TPSA) is 23.5 Å². The van der Waals surface area contributed by atoms with Crippen LogP contribution < -0.4 is 0 Å². The minimum Gasteiger partial charge on any atom is -0.396 e. The number of hydrogen-bond acceptors (Lipinski definition) is 2. The van der Waals surface area contributed by atoms with Gasteiger partial charge in [0.05, 0.1) is 0 Å². The highest BCUT2D eigenvalue weighted by Crippen LogP contribution is 2.27. The Morgan fingerprint density at radius 1 is 1.28 bits per heavy atom. The van der Waals surface area contributed by atoms with Crippen molar-refractivity contribution in [3.05, 3.63) is 35.4 Å². The first kappa shape index (κ1) is 13.4. The molecule has 2 nitrogen and oxygen atoms in total. The van der Waals surface area contributed by atoms with Crippen LogP contribution in [0.2, 0.25) is 0 Å². The molecule has 1 N–H and O–H groups in total. The highest BCUT2D eigenvalue weighted by atomic mass is 19.2. The van der Waals surface area contributed by atoms with Gasteiger partial charge in [0.2, 0.25) is 0 Å². The van der Waals surface area contributed by atoms with E-state index in [4.69, 9.17) is 5.11 Å². The number of benzene rings is 1. The third-order valence-electron chi connectivity index (χ3n) is 3.60. The Morgan fingerprint density at radius 2 is 2.06 bits per heavy atom. The molecular formula is C14H19F2NO. The minimum atomic E-state index is -0.789. The van der Waals surface area contributed by atoms with Crippen molar-refractivity contribution >= 4 is 0 Å². The molecular weight excluding hydrogens is 236 g/mol. The first-order valence-electron chi connectivity index (χ1n) is 6.50. The van der Waals surface area contributed by atoms with Gasteiger partial charge in [0, 0.05) is 31.3 Å². The third-order valence-corrected chi connectivity index (χ3v) is 3.60. The Kier molecular flexibility index (Phi) is 4.66. The molecule has 0 radical (unpaired) electrons. The lowest BCUT2D eigenvalue weighted by molar-refractivity contribution is 0.108. The van der Waals surface area contributed by atoms with Crippen LogP contribution in [0.4, 0.5) is 8.78 Å². The van der Waals surface area contributed by atoms with Crippen molar-refractivity contribution in [1.29, 1.82) is 0 Å². The molecule has 0 amide bonds. The standard InChI is InChI=1S/C14H19F2NO/c15-13-7-1-4-11(14(13)16)10-17(8-3-9-18)12-5-2-6-12/h1,4,7,12,18H,2-3,5-6,8-10H2. The Hall–Kier alpha value is -1.00. The van der Waals surface area contributed by atoms with Gasteiger partial charge in [0.15, 0.2) is 11.6 Å². The summed E-state index contributed by atoms with van der Waals surface area (Å²) in [5.74, 6) is -1.53. The van der Waals surface area contributed by atoms with Gasteiger partial charge < -0.3 is 5.11 Å². The van der Waals surface area contributed by atoms with Crippen LogP contribution in [0.1, 0.15) is 31.2 Å². The summed E-state index contributed by atoms with van der Waals surface area (Å²) in [5.41, 5.74) is 0.403. The molecule has 2 rings (SSSR count). The van der Waals surface area contributed by atoms with Crippen LogP contribution in [-0.4, -0.2) is 29.2 Å². The molecule has 0 saturated heterocycles. The lowest BCUT2D eigenvalue weighted by Gasteiger charge is -2.37. The number of aliphatic hydroxyl groups excluding tert-OH is 1. The van der Waals surface area contributed by atoms with E-state index >= 15 is 0 Å². The average Bonchev–Trinajstić information content (AvgIpc) is 2.29. The molecule has 1 aliphatic rings. The minimum absolute atomic E-state index is 0.134. The van der Waals surface area contributed by atoms with Gasteiger partial charge in [-0.3, -0.25) is 4.90 Å². The Morgan fingerprint density at radius 3 is 2.67 bits per heavy atom. The summed E-state index contributed by atoms with van der Waals surface area (Å²) in [6.07, 6.45) is 4.10. The van der Waals surface area contributed by atoms with Gasteiger partial charge >= 0.3 is 0 Å². The molecule has 4 heteroatoms. The monoisotopic (exact) mass is 255 g/mol. The molecule has 0 aliphatic heterocycles. The van der Waals surface area contributed by atoms with E-state index in [-0.39, 0.29) is 6.61 Å². The van der Waals surface area contributed by atoms with Crippen LogP contribution in [0.5, 0.6) is 0 Å². The molecule has 0 atom stereocenters. The molecule has 1 aliphatic carbocycles. The fraction of sp³-hybridized carbons (Fsp3) is 0.571. The maximum atomic E-state index is 13.6. The molecule has 0 bridgehead atoms. The second-order valence-corrected chi connectivity index (χ2v) is 4.85. The first-order valence-corrected chi connectivity index (χ1v) is 6.50. The lowest BCUT2D eigenvalue weighted by Crippen LogP contribution is -2.40. The van der Waals surface area contributed by atoms with Crippen LogP contribution in [0.15, 0.2) is 18.2 Å². The Bertz CT molecular complexity index is 393. The largest absolute Gasteiger partial charge is 0.396 e. The third kappa shape index (κ3) is 3.06. The van der Waals surface area contributed by atoms with Gasteiger partial charge in [-0.2, -0.15) is 0 Å². The van der Waals surface area contributed by atoms with Crippen molar-refractivity contribution < 1.29 is 13.9 Å². The van der Waals surface area contributed by atoms with Crippen LogP contribution in [-0.2, 0) is 6.54 Å². The number of nitrogens with zero attached hydrogens (tertiary/aromatic N) is 1. The van der Waals surface area contributed by atoms with E-state index in [0.717, 1.165) is 25.5 Å². The molecule has 1 fully saturated rings. The summed E-state index contributed by atoms with van der Waals surface area (Å²) in [4.78, 5) is 2.15. The van der Waals surface area contributed by atoms with Crippen molar-refractivity contribution in [3.63, 3.8) is 0 Å². The van der Waals surface area contributed by atoms with E-state index in [9.17, 15) is 8.78 Å². The van der Waals surface area contributed by atoms with Crippen molar-refractivity contribution in [2.24, 2.45) is 0 Å². The molecule has 0 heterocycles. The summed E-state index contributed by atoms with van der Waals surface area (Å²) in [6, 6.07) is 4.77. The van der Waals surface area contributed by atoms with Gasteiger partial charge in [-0.25, -0.2) is 8.78 Å². The van der Waals surface area contributed by atoms with Crippen molar-refractivity contribution in [1.82, 2.24) is 4.90 Å². The van der Waals surface area contributed by atoms with Gasteiger partial charge in [-0.15, -0.1) is 0 Å². The summed E-state index contributed by atoms with van der Waals surface area (Å²) in [7, 11) is 0. The Balaban J connectivity index is 2.04. The maximum absolute atomic E-state index is 13.6. The zero-order valence-electron chi connectivity index (χ0n) is 10.4. The highest BCUT2D eigenvalue weighted by molar-refractivity contribution is 5.19. The lowest BCUT2D eigenvalue weighted by atomic mass is 9.91. The van der Waals surface area contributed by atoms with Gasteiger partial charge in [-0.05, 0) is 25.3 Å². The number of aliphatic hydroxyl groups is 1. The number of hydrogen-bond donors (Lipinski definition) is 1. The Labute approximate surface area is 106 Å². The van der Waals surface area contributed by atoms with Crippen LogP contribution >= 0.6 is 0 Å². The normalized spacial score (nSPS) is 16.0. The molecule has 1 saturated carbocycles. The van der Waals surface area contributed by atoms with E-state index in [1.54, 1.807) is 12.1 Å². The molecule has 0 aromatic heterocycles. The predicted octanol–water partition coefficient (Wildman–Crippen LogP) is 2.70. The van der Waals surface area contributed by atoms with Crippen LogP contribution in [0.3, 0.4) is 0 Å². The van der Waals surface area contributed by atoms with Crippen molar-refractivity contribution in [3.8, 4) is 0 Å². The second kappa shape index (κ2) is 6.25. The molecule has 1 aromatic rings. The van der Waals surface area contributed by atoms with Gasteiger partial charge in [0.1, 0.15) is 0 Å². The smallest absolute Gasteiger partial charge is 0.163 e. The van der Waals surface area contributed by atoms with Gasteiger partial charge in [-0.1, -0.05) is 18.6 Å². The number of rotatable bonds is 6. The van der Waals surface area contributed by atoms with Crippen molar-refractivity contribution in [2.45, 2.75) is 38.3 Å². The highest BCUT2D eigenvalue weighted by Gasteiger charge is 2.25. The van der Waals surface area contributed by atoms with E-state index in [1.807, 2.05) is 0 Å². The molecule has 100 valence electrons. The fourth-order valence-electron chi connectivity index (χ4n) is 2.31. The maximum Gasteiger partial charge on any atom is 0.163 e. The molecule has 0 unspecified atom stereocenters. The second-order valence-electron chi connectivity index (χ2n) is 4.85. The van der Waals surface area contributed by atoms with Crippen LogP contribution in [0.25, 0.3) is 0 Å². The summed E-state index contributed by atoms with van der Waals surface area (Å²) in [5, 5.41) is 8.89. The quantitative estimate of drug-likeness (QED) is 0.845. The molecule has 0 spiro atoms. The average molecular weight is 255 g/mol. The fourth-order valence-corrected chi connectivity index (χ4v) is 2.31. The van der Waals surface area contributed by atoms with E-state index in [0.29, 0.717) is 24.6 Å². The molecule has 18 heavy (non-hydrogen) atoms. The zero-order chi connectivity index (χ0) is 13.0. The van der Waals surface area contributed by atoms with E-state index < -0.39 is 11.6 Å².